The number of benzene rings is 6. The van der Waals surface area contributed by atoms with Gasteiger partial charge in [0, 0.05) is 58.9 Å². The average molecular weight is 629 g/mol. The molecule has 8 bridgehead atoms. The van der Waals surface area contributed by atoms with E-state index in [9.17, 15) is 0 Å². The zero-order valence-electron chi connectivity index (χ0n) is 25.6. The van der Waals surface area contributed by atoms with Gasteiger partial charge in [-0.05, 0) is 81.7 Å². The third-order valence-electron chi connectivity index (χ3n) is 9.83. The van der Waals surface area contributed by atoms with Gasteiger partial charge in [-0.3, -0.25) is 4.98 Å². The van der Waals surface area contributed by atoms with Crippen molar-refractivity contribution in [1.82, 2.24) is 9.97 Å². The number of rotatable bonds is 1. The van der Waals surface area contributed by atoms with Gasteiger partial charge in [0.15, 0.2) is 0 Å². The van der Waals surface area contributed by atoms with Gasteiger partial charge in [-0.15, -0.1) is 11.3 Å². The van der Waals surface area contributed by atoms with Crippen LogP contribution < -0.4 is 0 Å². The summed E-state index contributed by atoms with van der Waals surface area (Å²) in [6.45, 7) is 0. The van der Waals surface area contributed by atoms with Crippen LogP contribution in [0.4, 0.5) is 0 Å². The summed E-state index contributed by atoms with van der Waals surface area (Å²) in [5.41, 5.74) is 6.66. The highest BCUT2D eigenvalue weighted by atomic mass is 32.1. The second-order valence-corrected chi connectivity index (χ2v) is 13.7. The maximum atomic E-state index is 6.25. The predicted molar refractivity (Wildman–Crippen MR) is 204 cm³/mol. The molecule has 0 atom stereocenters. The van der Waals surface area contributed by atoms with E-state index in [1.807, 2.05) is 35.7 Å². The molecule has 0 unspecified atom stereocenters. The van der Waals surface area contributed by atoms with Crippen molar-refractivity contribution in [2.24, 2.45) is 0 Å². The number of hydrogen-bond donors (Lipinski definition) is 0. The lowest BCUT2D eigenvalue weighted by Gasteiger charge is -2.09. The molecule has 0 aliphatic heterocycles. The molecule has 6 aromatic carbocycles. The Kier molecular flexibility index (Phi) is 5.26. The molecule has 4 heteroatoms. The smallest absolute Gasteiger partial charge is 0.136 e. The van der Waals surface area contributed by atoms with Crippen LogP contribution >= 0.6 is 11.3 Å². The van der Waals surface area contributed by atoms with Crippen molar-refractivity contribution in [3.63, 3.8) is 0 Å². The van der Waals surface area contributed by atoms with Crippen LogP contribution in [0, 0.1) is 0 Å². The number of nitrogens with zero attached hydrogens (tertiary/aromatic N) is 2. The summed E-state index contributed by atoms with van der Waals surface area (Å²) in [6, 6.07) is 50.0. The molecule has 0 saturated heterocycles. The Morgan fingerprint density at radius 3 is 2.08 bits per heavy atom. The van der Waals surface area contributed by atoms with Gasteiger partial charge in [-0.1, -0.05) is 84.9 Å². The molecule has 11 rings (SSSR count). The number of fused-ring (bicyclic) bond motifs is 16. The van der Waals surface area contributed by atoms with Crippen molar-refractivity contribution in [1.29, 1.82) is 0 Å². The Bertz CT molecular complexity index is 3190. The van der Waals surface area contributed by atoms with Gasteiger partial charge in [-0.2, -0.15) is 0 Å². The van der Waals surface area contributed by atoms with Crippen LogP contribution in [0.15, 0.2) is 150 Å². The summed E-state index contributed by atoms with van der Waals surface area (Å²) in [4.78, 5) is 10.7. The normalized spacial score (nSPS) is 12.2. The lowest BCUT2D eigenvalue weighted by atomic mass is 9.98. The number of aromatic nitrogens is 2. The fourth-order valence-electron chi connectivity index (χ4n) is 7.59. The van der Waals surface area contributed by atoms with E-state index in [0.29, 0.717) is 0 Å². The Hall–Kier alpha value is -6.10. The van der Waals surface area contributed by atoms with E-state index in [4.69, 9.17) is 14.4 Å². The Morgan fingerprint density at radius 2 is 1.19 bits per heavy atom. The highest BCUT2D eigenvalue weighted by molar-refractivity contribution is 7.26. The fourth-order valence-corrected chi connectivity index (χ4v) is 8.70. The van der Waals surface area contributed by atoms with Crippen molar-refractivity contribution in [2.45, 2.75) is 0 Å². The van der Waals surface area contributed by atoms with Crippen LogP contribution in [-0.4, -0.2) is 9.97 Å². The van der Waals surface area contributed by atoms with Crippen molar-refractivity contribution in [2.75, 3.05) is 0 Å². The highest BCUT2D eigenvalue weighted by Crippen LogP contribution is 2.41. The predicted octanol–water partition coefficient (Wildman–Crippen LogP) is 12.7. The lowest BCUT2D eigenvalue weighted by Crippen LogP contribution is -1.89. The molecule has 11 aromatic rings. The van der Waals surface area contributed by atoms with Gasteiger partial charge >= 0.3 is 0 Å². The van der Waals surface area contributed by atoms with Crippen LogP contribution in [0.3, 0.4) is 0 Å². The van der Waals surface area contributed by atoms with Crippen LogP contribution in [0.2, 0.25) is 0 Å². The van der Waals surface area contributed by atoms with Crippen LogP contribution in [0.1, 0.15) is 0 Å². The molecule has 5 heterocycles. The van der Waals surface area contributed by atoms with Crippen molar-refractivity contribution < 1.29 is 4.42 Å². The molecule has 0 radical (unpaired) electrons. The fraction of sp³-hybridized carbons (Fsp3) is 0. The topological polar surface area (TPSA) is 38.9 Å². The molecule has 0 N–H and O–H groups in total. The van der Waals surface area contributed by atoms with E-state index >= 15 is 0 Å². The van der Waals surface area contributed by atoms with Gasteiger partial charge < -0.3 is 4.42 Å². The molecule has 222 valence electrons. The maximum Gasteiger partial charge on any atom is 0.136 e. The minimum atomic E-state index is 0.873. The van der Waals surface area contributed by atoms with Crippen molar-refractivity contribution in [3.05, 3.63) is 146 Å². The van der Waals surface area contributed by atoms with Crippen LogP contribution in [0.25, 0.3) is 107 Å². The summed E-state index contributed by atoms with van der Waals surface area (Å²) < 4.78 is 8.78. The molecule has 5 aromatic heterocycles. The van der Waals surface area contributed by atoms with E-state index in [1.165, 1.54) is 36.3 Å². The zero-order valence-corrected chi connectivity index (χ0v) is 26.4. The SMILES string of the molecule is c1cc2cc(c1)c1ccc3sc4cccc(c5cc6ncc(-c7cccc8oc9ccccc9c78)cc6c(n5)c5cccc2c5)c4c3c1. The molecule has 0 spiro atoms. The summed E-state index contributed by atoms with van der Waals surface area (Å²) in [6.07, 6.45) is 2.00. The minimum absolute atomic E-state index is 0.873. The number of pyridine rings is 2. The number of furan rings is 1. The van der Waals surface area contributed by atoms with Gasteiger partial charge in [0.2, 0.25) is 0 Å². The van der Waals surface area contributed by atoms with Gasteiger partial charge in [0.25, 0.3) is 0 Å². The van der Waals surface area contributed by atoms with Crippen molar-refractivity contribution >= 4 is 108 Å². The van der Waals surface area contributed by atoms with E-state index in [1.54, 1.807) is 0 Å². The molecule has 3 nitrogen and oxygen atoms in total. The van der Waals surface area contributed by atoms with E-state index in [-0.39, 0.29) is 0 Å². The third-order valence-corrected chi connectivity index (χ3v) is 11.0. The molecular weight excluding hydrogens is 605 g/mol. The quantitative estimate of drug-likeness (QED) is 0.182. The molecular formula is C44H24N2OS. The number of hydrogen-bond acceptors (Lipinski definition) is 4. The van der Waals surface area contributed by atoms with Crippen LogP contribution in [-0.2, 0) is 0 Å². The monoisotopic (exact) mass is 628 g/mol. The highest BCUT2D eigenvalue weighted by Gasteiger charge is 2.15. The summed E-state index contributed by atoms with van der Waals surface area (Å²) in [7, 11) is 0. The number of para-hydroxylation sites is 1. The Labute approximate surface area is 278 Å². The summed E-state index contributed by atoms with van der Waals surface area (Å²) in [5, 5.41) is 12.7. The van der Waals surface area contributed by atoms with Gasteiger partial charge in [-0.25, -0.2) is 4.98 Å². The maximum absolute atomic E-state index is 6.25. The summed E-state index contributed by atoms with van der Waals surface area (Å²) >= 11 is 1.84. The van der Waals surface area contributed by atoms with Crippen molar-refractivity contribution in [3.8, 4) is 11.1 Å². The first-order chi connectivity index (χ1) is 23.7. The first kappa shape index (κ1) is 26.0. The first-order valence-corrected chi connectivity index (χ1v) is 17.0. The van der Waals surface area contributed by atoms with Gasteiger partial charge in [0.1, 0.15) is 11.2 Å². The van der Waals surface area contributed by atoms with E-state index < -0.39 is 0 Å². The van der Waals surface area contributed by atoms with E-state index in [2.05, 4.69) is 121 Å². The standard InChI is InChI=1S/C44H24N2OS/c1-2-14-38-33(11-1)42-31(12-5-15-39(42)47-38)30-22-34-36(45-24-30)23-37-32-13-6-16-41-43(32)35-21-28(17-18-40(35)48-41)26-8-3-7-25(19-26)27-9-4-10-29(20-27)44(34)46-37/h1-24H. The second kappa shape index (κ2) is 9.71. The minimum Gasteiger partial charge on any atom is -0.456 e. The molecule has 0 aliphatic carbocycles. The zero-order chi connectivity index (χ0) is 31.3. The Morgan fingerprint density at radius 1 is 0.458 bits per heavy atom. The molecule has 0 aliphatic rings. The molecule has 0 amide bonds. The number of thiophene rings is 1. The van der Waals surface area contributed by atoms with E-state index in [0.717, 1.165) is 71.2 Å². The first-order valence-electron chi connectivity index (χ1n) is 16.1. The third kappa shape index (κ3) is 3.75. The summed E-state index contributed by atoms with van der Waals surface area (Å²) in [5.74, 6) is 0. The lowest BCUT2D eigenvalue weighted by molar-refractivity contribution is 0.669. The van der Waals surface area contributed by atoms with Gasteiger partial charge in [0.05, 0.1) is 16.6 Å². The molecule has 48 heavy (non-hydrogen) atoms. The largest absolute Gasteiger partial charge is 0.456 e. The second-order valence-electron chi connectivity index (χ2n) is 12.6. The average Bonchev–Trinajstić information content (AvgIpc) is 3.72. The molecule has 0 fully saturated rings. The Balaban J connectivity index is 1.33. The molecule has 0 saturated carbocycles. The van der Waals surface area contributed by atoms with Crippen LogP contribution in [0.5, 0.6) is 0 Å².